The van der Waals surface area contributed by atoms with Crippen LogP contribution in [0.15, 0.2) is 12.4 Å². The highest BCUT2D eigenvalue weighted by Gasteiger charge is 2.29. The second-order valence-corrected chi connectivity index (χ2v) is 6.42. The Kier molecular flexibility index (Phi) is 8.02. The molecule has 1 fully saturated rings. The number of nitrogens with zero attached hydrogens (tertiary/aromatic N) is 3. The Hall–Kier alpha value is -1.11. The average molecular weight is 345 g/mol. The van der Waals surface area contributed by atoms with Crippen LogP contribution in [0.2, 0.25) is 0 Å². The fourth-order valence-corrected chi connectivity index (χ4v) is 2.78. The van der Waals surface area contributed by atoms with Crippen molar-refractivity contribution in [2.24, 2.45) is 13.0 Å². The van der Waals surface area contributed by atoms with Crippen molar-refractivity contribution >= 4 is 18.3 Å². The first-order chi connectivity index (χ1) is 10.5. The minimum Gasteiger partial charge on any atom is -0.378 e. The number of likely N-dealkylation sites (tertiary alicyclic amines) is 1. The normalized spacial score (nSPS) is 17.2. The predicted octanol–water partition coefficient (Wildman–Crippen LogP) is 1.77. The van der Waals surface area contributed by atoms with Crippen molar-refractivity contribution in [3.8, 4) is 0 Å². The Morgan fingerprint density at radius 2 is 2.09 bits per heavy atom. The number of amides is 1. The van der Waals surface area contributed by atoms with Gasteiger partial charge in [0.2, 0.25) is 5.91 Å². The summed E-state index contributed by atoms with van der Waals surface area (Å²) in [7, 11) is 3.67. The molecule has 2 rings (SSSR count). The Labute approximate surface area is 145 Å². The Bertz CT molecular complexity index is 484. The molecule has 0 spiro atoms. The van der Waals surface area contributed by atoms with Crippen LogP contribution in [0.4, 0.5) is 0 Å². The molecule has 7 heteroatoms. The summed E-state index contributed by atoms with van der Waals surface area (Å²) in [6.45, 7) is 6.64. The summed E-state index contributed by atoms with van der Waals surface area (Å²) in [6, 6.07) is -0.318. The maximum absolute atomic E-state index is 12.7. The number of aryl methyl sites for hydroxylation is 1. The zero-order valence-corrected chi connectivity index (χ0v) is 15.3. The number of aromatic nitrogens is 2. The van der Waals surface area contributed by atoms with E-state index >= 15 is 0 Å². The van der Waals surface area contributed by atoms with Crippen LogP contribution < -0.4 is 5.32 Å². The molecule has 2 heterocycles. The summed E-state index contributed by atoms with van der Waals surface area (Å²) in [5.41, 5.74) is 0.910. The number of hydrogen-bond acceptors (Lipinski definition) is 4. The third-order valence-electron chi connectivity index (χ3n) is 4.01. The molecule has 1 aromatic rings. The summed E-state index contributed by atoms with van der Waals surface area (Å²) < 4.78 is 7.60. The monoisotopic (exact) mass is 344 g/mol. The number of likely N-dealkylation sites (N-methyl/N-ethyl adjacent to an activating group) is 1. The van der Waals surface area contributed by atoms with Crippen LogP contribution >= 0.6 is 12.4 Å². The molecular formula is C16H29ClN4O2. The number of rotatable bonds is 6. The van der Waals surface area contributed by atoms with E-state index in [0.29, 0.717) is 5.92 Å². The van der Waals surface area contributed by atoms with Gasteiger partial charge in [0.05, 0.1) is 12.3 Å². The van der Waals surface area contributed by atoms with E-state index in [9.17, 15) is 4.79 Å². The third kappa shape index (κ3) is 5.48. The van der Waals surface area contributed by atoms with Crippen LogP contribution in [0.3, 0.4) is 0 Å². The van der Waals surface area contributed by atoms with Gasteiger partial charge in [-0.25, -0.2) is 0 Å². The quantitative estimate of drug-likeness (QED) is 0.854. The van der Waals surface area contributed by atoms with Crippen molar-refractivity contribution in [1.82, 2.24) is 20.0 Å². The van der Waals surface area contributed by atoms with Crippen molar-refractivity contribution in [2.45, 2.75) is 38.8 Å². The van der Waals surface area contributed by atoms with Crippen LogP contribution in [0, 0.1) is 5.92 Å². The highest BCUT2D eigenvalue weighted by Crippen LogP contribution is 2.20. The van der Waals surface area contributed by atoms with E-state index in [-0.39, 0.29) is 30.5 Å². The third-order valence-corrected chi connectivity index (χ3v) is 4.01. The largest absolute Gasteiger partial charge is 0.378 e. The van der Waals surface area contributed by atoms with Crippen LogP contribution in [-0.4, -0.2) is 53.4 Å². The highest BCUT2D eigenvalue weighted by atomic mass is 35.5. The summed E-state index contributed by atoms with van der Waals surface area (Å²) in [5.74, 6) is 0.678. The van der Waals surface area contributed by atoms with E-state index in [4.69, 9.17) is 4.74 Å². The topological polar surface area (TPSA) is 59.4 Å². The number of hydrogen-bond donors (Lipinski definition) is 1. The molecule has 1 N–H and O–H groups in total. The number of ether oxygens (including phenoxy) is 1. The Morgan fingerprint density at radius 1 is 1.43 bits per heavy atom. The van der Waals surface area contributed by atoms with Crippen molar-refractivity contribution in [3.63, 3.8) is 0 Å². The van der Waals surface area contributed by atoms with Gasteiger partial charge < -0.3 is 15.0 Å². The molecule has 23 heavy (non-hydrogen) atoms. The van der Waals surface area contributed by atoms with Gasteiger partial charge in [0.1, 0.15) is 6.04 Å². The van der Waals surface area contributed by atoms with Crippen molar-refractivity contribution < 1.29 is 9.53 Å². The minimum atomic E-state index is -0.318. The van der Waals surface area contributed by atoms with Gasteiger partial charge in [0.15, 0.2) is 0 Å². The molecule has 1 aliphatic rings. The Balaban J connectivity index is 0.00000264. The molecule has 0 bridgehead atoms. The Morgan fingerprint density at radius 3 is 2.57 bits per heavy atom. The van der Waals surface area contributed by atoms with Crippen LogP contribution in [0.25, 0.3) is 0 Å². The molecule has 1 unspecified atom stereocenters. The van der Waals surface area contributed by atoms with Gasteiger partial charge in [-0.3, -0.25) is 9.48 Å². The molecule has 0 aliphatic carbocycles. The zero-order valence-electron chi connectivity index (χ0n) is 14.5. The van der Waals surface area contributed by atoms with Crippen LogP contribution in [-0.2, 0) is 16.6 Å². The van der Waals surface area contributed by atoms with Gasteiger partial charge in [0, 0.05) is 38.5 Å². The molecule has 0 aromatic carbocycles. The van der Waals surface area contributed by atoms with Crippen molar-refractivity contribution in [2.75, 3.05) is 26.7 Å². The first kappa shape index (κ1) is 19.9. The van der Waals surface area contributed by atoms with E-state index in [1.54, 1.807) is 10.9 Å². The first-order valence-corrected chi connectivity index (χ1v) is 8.07. The fraction of sp³-hybridized carbons (Fsp3) is 0.750. The zero-order chi connectivity index (χ0) is 16.1. The van der Waals surface area contributed by atoms with E-state index in [1.807, 2.05) is 25.2 Å². The van der Waals surface area contributed by atoms with Gasteiger partial charge >= 0.3 is 0 Å². The van der Waals surface area contributed by atoms with Gasteiger partial charge in [-0.05, 0) is 25.8 Å². The number of carbonyl (C=O) groups excluding carboxylic acids is 1. The molecule has 1 amide bonds. The van der Waals surface area contributed by atoms with E-state index < -0.39 is 0 Å². The fourth-order valence-electron chi connectivity index (χ4n) is 2.78. The maximum Gasteiger partial charge on any atom is 0.244 e. The number of halogens is 1. The van der Waals surface area contributed by atoms with E-state index in [0.717, 1.165) is 38.1 Å². The van der Waals surface area contributed by atoms with E-state index in [1.165, 1.54) is 0 Å². The van der Waals surface area contributed by atoms with Gasteiger partial charge in [-0.15, -0.1) is 12.4 Å². The minimum absolute atomic E-state index is 0. The van der Waals surface area contributed by atoms with Crippen LogP contribution in [0.1, 0.15) is 38.3 Å². The van der Waals surface area contributed by atoms with E-state index in [2.05, 4.69) is 24.3 Å². The van der Waals surface area contributed by atoms with Crippen molar-refractivity contribution in [1.29, 1.82) is 0 Å². The summed E-state index contributed by atoms with van der Waals surface area (Å²) in [4.78, 5) is 14.6. The molecule has 1 saturated heterocycles. The van der Waals surface area contributed by atoms with Gasteiger partial charge in [-0.1, -0.05) is 13.8 Å². The molecule has 0 saturated carbocycles. The smallest absolute Gasteiger partial charge is 0.244 e. The van der Waals surface area contributed by atoms with Gasteiger partial charge in [0.25, 0.3) is 0 Å². The first-order valence-electron chi connectivity index (χ1n) is 8.07. The SMILES string of the molecule is CNC(C(=O)N1CCC(OCC(C)C)CC1)c1cnn(C)c1.Cl. The average Bonchev–Trinajstić information content (AvgIpc) is 2.92. The molecular weight excluding hydrogens is 316 g/mol. The van der Waals surface area contributed by atoms with Crippen LogP contribution in [0.5, 0.6) is 0 Å². The molecule has 1 atom stereocenters. The standard InChI is InChI=1S/C16H28N4O2.ClH/c1-12(2)11-22-14-5-7-20(8-6-14)16(21)15(17-3)13-9-18-19(4)10-13;/h9-10,12,14-15,17H,5-8,11H2,1-4H3;1H. The lowest BCUT2D eigenvalue weighted by Crippen LogP contribution is -2.45. The summed E-state index contributed by atoms with van der Waals surface area (Å²) in [6.07, 6.45) is 5.76. The maximum atomic E-state index is 12.7. The molecule has 6 nitrogen and oxygen atoms in total. The van der Waals surface area contributed by atoms with Gasteiger partial charge in [-0.2, -0.15) is 5.10 Å². The predicted molar refractivity (Wildman–Crippen MR) is 92.6 cm³/mol. The number of piperidine rings is 1. The number of carbonyl (C=O) groups is 1. The highest BCUT2D eigenvalue weighted by molar-refractivity contribution is 5.85. The second kappa shape index (κ2) is 9.25. The lowest BCUT2D eigenvalue weighted by atomic mass is 10.0. The second-order valence-electron chi connectivity index (χ2n) is 6.42. The number of nitrogens with one attached hydrogen (secondary N) is 1. The summed E-state index contributed by atoms with van der Waals surface area (Å²) >= 11 is 0. The summed E-state index contributed by atoms with van der Waals surface area (Å²) in [5, 5.41) is 7.26. The molecule has 1 aromatic heterocycles. The molecule has 0 radical (unpaired) electrons. The lowest BCUT2D eigenvalue weighted by molar-refractivity contribution is -0.136. The van der Waals surface area contributed by atoms with Crippen molar-refractivity contribution in [3.05, 3.63) is 18.0 Å². The molecule has 132 valence electrons. The lowest BCUT2D eigenvalue weighted by Gasteiger charge is -2.34. The molecule has 1 aliphatic heterocycles.